The molecule has 2 fully saturated rings. The van der Waals surface area contributed by atoms with Gasteiger partial charge in [0.25, 0.3) is 5.89 Å². The van der Waals surface area contributed by atoms with Crippen molar-refractivity contribution in [2.45, 2.75) is 25.0 Å². The van der Waals surface area contributed by atoms with E-state index in [2.05, 4.69) is 15.0 Å². The van der Waals surface area contributed by atoms with Crippen molar-refractivity contribution in [1.29, 1.82) is 0 Å². The maximum Gasteiger partial charge on any atom is 0.293 e. The van der Waals surface area contributed by atoms with Gasteiger partial charge < -0.3 is 13.7 Å². The van der Waals surface area contributed by atoms with Crippen LogP contribution >= 0.6 is 0 Å². The summed E-state index contributed by atoms with van der Waals surface area (Å²) in [6.07, 6.45) is 3.98. The van der Waals surface area contributed by atoms with E-state index in [1.165, 1.54) is 12.8 Å². The molecule has 2 aromatic rings. The minimum absolute atomic E-state index is 0.0955. The molecule has 0 bridgehead atoms. The Kier molecular flexibility index (Phi) is 2.63. The quantitative estimate of drug-likeness (QED) is 0.822. The third-order valence-electron chi connectivity index (χ3n) is 3.85. The van der Waals surface area contributed by atoms with Crippen molar-refractivity contribution in [3.8, 4) is 11.7 Å². The molecule has 0 N–H and O–H groups in total. The van der Waals surface area contributed by atoms with Gasteiger partial charge in [-0.15, -0.1) is 0 Å². The van der Waals surface area contributed by atoms with Crippen molar-refractivity contribution in [2.75, 3.05) is 19.7 Å². The van der Waals surface area contributed by atoms with Crippen LogP contribution in [0.2, 0.25) is 0 Å². The molecule has 100 valence electrons. The van der Waals surface area contributed by atoms with Crippen molar-refractivity contribution in [1.82, 2.24) is 15.0 Å². The molecule has 6 nitrogen and oxygen atoms in total. The predicted molar refractivity (Wildman–Crippen MR) is 65.3 cm³/mol. The number of rotatable bonds is 2. The highest BCUT2D eigenvalue weighted by Crippen LogP contribution is 2.29. The fourth-order valence-corrected chi connectivity index (χ4v) is 2.84. The summed E-state index contributed by atoms with van der Waals surface area (Å²) in [7, 11) is 0. The van der Waals surface area contributed by atoms with Gasteiger partial charge in [0, 0.05) is 12.6 Å². The van der Waals surface area contributed by atoms with Crippen molar-refractivity contribution in [3.63, 3.8) is 0 Å². The first-order valence-corrected chi connectivity index (χ1v) is 6.63. The van der Waals surface area contributed by atoms with Gasteiger partial charge in [0.1, 0.15) is 6.10 Å². The van der Waals surface area contributed by atoms with Crippen molar-refractivity contribution < 1.29 is 13.7 Å². The molecule has 2 aromatic heterocycles. The summed E-state index contributed by atoms with van der Waals surface area (Å²) in [6.45, 7) is 2.75. The molecule has 0 saturated carbocycles. The van der Waals surface area contributed by atoms with E-state index in [9.17, 15) is 0 Å². The standard InChI is InChI=1S/C13H15N3O3/c1-3-9-8-18-11(7-16(9)5-1)12-14-13(19-15-12)10-4-2-6-17-10/h2,4,6,9,11H,1,3,5,7-8H2/t9-,11-/m1/s1. The highest BCUT2D eigenvalue weighted by atomic mass is 16.5. The van der Waals surface area contributed by atoms with E-state index in [-0.39, 0.29) is 6.10 Å². The van der Waals surface area contributed by atoms with Gasteiger partial charge in [0.2, 0.25) is 5.82 Å². The van der Waals surface area contributed by atoms with Crippen LogP contribution in [0.5, 0.6) is 0 Å². The van der Waals surface area contributed by atoms with Crippen LogP contribution < -0.4 is 0 Å². The molecule has 4 heterocycles. The normalized spacial score (nSPS) is 27.6. The zero-order valence-electron chi connectivity index (χ0n) is 10.5. The van der Waals surface area contributed by atoms with E-state index < -0.39 is 0 Å². The Bertz CT molecular complexity index is 551. The lowest BCUT2D eigenvalue weighted by Crippen LogP contribution is -2.42. The highest BCUT2D eigenvalue weighted by Gasteiger charge is 2.35. The molecule has 0 radical (unpaired) electrons. The number of morpholine rings is 1. The Hall–Kier alpha value is -1.66. The zero-order chi connectivity index (χ0) is 12.7. The number of ether oxygens (including phenoxy) is 1. The van der Waals surface area contributed by atoms with Crippen LogP contribution in [0.25, 0.3) is 11.7 Å². The third kappa shape index (κ3) is 1.97. The maximum atomic E-state index is 5.85. The summed E-state index contributed by atoms with van der Waals surface area (Å²) in [5, 5.41) is 4.01. The fourth-order valence-electron chi connectivity index (χ4n) is 2.84. The predicted octanol–water partition coefficient (Wildman–Crippen LogP) is 1.87. The van der Waals surface area contributed by atoms with Gasteiger partial charge in [-0.05, 0) is 31.5 Å². The largest absolute Gasteiger partial charge is 0.459 e. The average Bonchev–Trinajstić information content (AvgIpc) is 3.18. The molecule has 2 saturated heterocycles. The minimum atomic E-state index is -0.0955. The number of hydrogen-bond acceptors (Lipinski definition) is 6. The van der Waals surface area contributed by atoms with Gasteiger partial charge in [-0.3, -0.25) is 4.90 Å². The zero-order valence-corrected chi connectivity index (χ0v) is 10.5. The Balaban J connectivity index is 1.53. The van der Waals surface area contributed by atoms with Gasteiger partial charge in [-0.2, -0.15) is 4.98 Å². The lowest BCUT2D eigenvalue weighted by molar-refractivity contribution is -0.0548. The van der Waals surface area contributed by atoms with Gasteiger partial charge in [-0.1, -0.05) is 5.16 Å². The van der Waals surface area contributed by atoms with Crippen molar-refractivity contribution in [3.05, 3.63) is 24.2 Å². The topological polar surface area (TPSA) is 64.5 Å². The first kappa shape index (κ1) is 11.2. The average molecular weight is 261 g/mol. The molecule has 0 aliphatic carbocycles. The van der Waals surface area contributed by atoms with Crippen LogP contribution in [0.4, 0.5) is 0 Å². The number of nitrogens with zero attached hydrogens (tertiary/aromatic N) is 3. The second-order valence-electron chi connectivity index (χ2n) is 5.05. The smallest absolute Gasteiger partial charge is 0.293 e. The van der Waals surface area contributed by atoms with E-state index in [1.807, 2.05) is 0 Å². The molecule has 2 aliphatic heterocycles. The van der Waals surface area contributed by atoms with Crippen LogP contribution in [0, 0.1) is 0 Å². The molecule has 6 heteroatoms. The highest BCUT2D eigenvalue weighted by molar-refractivity contribution is 5.42. The minimum Gasteiger partial charge on any atom is -0.459 e. The Morgan fingerprint density at radius 3 is 3.26 bits per heavy atom. The second-order valence-corrected chi connectivity index (χ2v) is 5.05. The van der Waals surface area contributed by atoms with E-state index in [1.54, 1.807) is 18.4 Å². The van der Waals surface area contributed by atoms with Crippen molar-refractivity contribution >= 4 is 0 Å². The van der Waals surface area contributed by atoms with E-state index in [4.69, 9.17) is 13.7 Å². The van der Waals surface area contributed by atoms with Crippen LogP contribution in [-0.2, 0) is 4.74 Å². The number of aromatic nitrogens is 2. The van der Waals surface area contributed by atoms with Crippen LogP contribution in [0.15, 0.2) is 27.3 Å². The Morgan fingerprint density at radius 1 is 1.37 bits per heavy atom. The molecular weight excluding hydrogens is 246 g/mol. The molecule has 4 rings (SSSR count). The van der Waals surface area contributed by atoms with Gasteiger partial charge in [-0.25, -0.2) is 0 Å². The Labute approximate surface area is 110 Å². The molecule has 2 aliphatic rings. The summed E-state index contributed by atoms with van der Waals surface area (Å²) < 4.78 is 16.3. The van der Waals surface area contributed by atoms with Gasteiger partial charge >= 0.3 is 0 Å². The Morgan fingerprint density at radius 2 is 2.37 bits per heavy atom. The SMILES string of the molecule is c1coc(-c2nc([C@H]3CN4CCC[C@@H]4CO3)no2)c1. The molecule has 2 atom stereocenters. The molecule has 0 aromatic carbocycles. The second kappa shape index (κ2) is 4.47. The van der Waals surface area contributed by atoms with Crippen LogP contribution in [-0.4, -0.2) is 40.8 Å². The first-order valence-electron chi connectivity index (χ1n) is 6.63. The lowest BCUT2D eigenvalue weighted by Gasteiger charge is -2.33. The molecule has 0 spiro atoms. The molecule has 0 amide bonds. The van der Waals surface area contributed by atoms with Crippen molar-refractivity contribution in [2.24, 2.45) is 0 Å². The molecule has 0 unspecified atom stereocenters. The summed E-state index contributed by atoms with van der Waals surface area (Å²) in [6, 6.07) is 4.17. The number of fused-ring (bicyclic) bond motifs is 1. The summed E-state index contributed by atoms with van der Waals surface area (Å²) in [5.41, 5.74) is 0. The first-order chi connectivity index (χ1) is 9.40. The van der Waals surface area contributed by atoms with Gasteiger partial charge in [0.15, 0.2) is 5.76 Å². The third-order valence-corrected chi connectivity index (χ3v) is 3.85. The number of furan rings is 1. The summed E-state index contributed by atoms with van der Waals surface area (Å²) >= 11 is 0. The van der Waals surface area contributed by atoms with Crippen LogP contribution in [0.3, 0.4) is 0 Å². The van der Waals surface area contributed by atoms with E-state index in [0.29, 0.717) is 23.5 Å². The fraction of sp³-hybridized carbons (Fsp3) is 0.538. The van der Waals surface area contributed by atoms with Gasteiger partial charge in [0.05, 0.1) is 12.9 Å². The summed E-state index contributed by atoms with van der Waals surface area (Å²) in [5.74, 6) is 1.61. The summed E-state index contributed by atoms with van der Waals surface area (Å²) in [4.78, 5) is 6.82. The van der Waals surface area contributed by atoms with E-state index in [0.717, 1.165) is 19.7 Å². The van der Waals surface area contributed by atoms with E-state index >= 15 is 0 Å². The molecular formula is C13H15N3O3. The molecule has 19 heavy (non-hydrogen) atoms. The van der Waals surface area contributed by atoms with Crippen LogP contribution in [0.1, 0.15) is 24.8 Å². The maximum absolute atomic E-state index is 5.85. The monoisotopic (exact) mass is 261 g/mol. The lowest BCUT2D eigenvalue weighted by atomic mass is 10.2. The number of hydrogen-bond donors (Lipinski definition) is 0.